The van der Waals surface area contributed by atoms with E-state index >= 15 is 0 Å². The maximum atomic E-state index is 10.9. The van der Waals surface area contributed by atoms with E-state index in [1.165, 1.54) is 16.9 Å². The molecule has 3 nitrogen and oxygen atoms in total. The van der Waals surface area contributed by atoms with Crippen molar-refractivity contribution in [3.8, 4) is 0 Å². The zero-order chi connectivity index (χ0) is 12.5. The molecule has 1 fully saturated rings. The number of nitrogens with zero attached hydrogens (tertiary/aromatic N) is 1. The summed E-state index contributed by atoms with van der Waals surface area (Å²) in [6.45, 7) is 0.587. The molecule has 2 rings (SSSR count). The molecule has 1 saturated carbocycles. The van der Waals surface area contributed by atoms with Gasteiger partial charge in [-0.1, -0.05) is 34.5 Å². The quantitative estimate of drug-likeness (QED) is 0.928. The Bertz CT molecular complexity index is 412. The Morgan fingerprint density at radius 3 is 2.41 bits per heavy atom. The van der Waals surface area contributed by atoms with E-state index in [0.717, 1.165) is 17.3 Å². The van der Waals surface area contributed by atoms with Crippen LogP contribution in [0.15, 0.2) is 28.7 Å². The summed E-state index contributed by atoms with van der Waals surface area (Å²) in [6, 6.07) is 8.24. The van der Waals surface area contributed by atoms with Crippen LogP contribution in [0, 0.1) is 0 Å². The van der Waals surface area contributed by atoms with Gasteiger partial charge in [-0.3, -0.25) is 0 Å². The molecule has 0 unspecified atom stereocenters. The number of likely N-dealkylation sites (N-methyl/N-ethyl adjacent to an activating group) is 1. The van der Waals surface area contributed by atoms with Crippen LogP contribution in [-0.4, -0.2) is 29.7 Å². The second-order valence-electron chi connectivity index (χ2n) is 4.78. The third kappa shape index (κ3) is 2.46. The van der Waals surface area contributed by atoms with Gasteiger partial charge in [0, 0.05) is 23.5 Å². The number of benzene rings is 1. The smallest absolute Gasteiger partial charge is 0.407 e. The van der Waals surface area contributed by atoms with Gasteiger partial charge in [0.25, 0.3) is 0 Å². The largest absolute Gasteiger partial charge is 0.465 e. The molecule has 1 aliphatic carbocycles. The second kappa shape index (κ2) is 4.69. The van der Waals surface area contributed by atoms with E-state index in [0.29, 0.717) is 6.54 Å². The summed E-state index contributed by atoms with van der Waals surface area (Å²) in [5, 5.41) is 8.97. The topological polar surface area (TPSA) is 40.5 Å². The van der Waals surface area contributed by atoms with E-state index in [1.54, 1.807) is 7.05 Å². The zero-order valence-electron chi connectivity index (χ0n) is 9.82. The Morgan fingerprint density at radius 1 is 1.41 bits per heavy atom. The fourth-order valence-corrected chi connectivity index (χ4v) is 2.73. The van der Waals surface area contributed by atoms with Gasteiger partial charge in [0.1, 0.15) is 0 Å². The highest BCUT2D eigenvalue weighted by molar-refractivity contribution is 9.10. The first-order valence-electron chi connectivity index (χ1n) is 5.74. The third-order valence-electron chi connectivity index (χ3n) is 3.63. The van der Waals surface area contributed by atoms with Crippen molar-refractivity contribution in [3.05, 3.63) is 34.3 Å². The fourth-order valence-electron chi connectivity index (χ4n) is 2.47. The molecule has 0 saturated heterocycles. The van der Waals surface area contributed by atoms with Crippen molar-refractivity contribution in [1.29, 1.82) is 0 Å². The van der Waals surface area contributed by atoms with Crippen molar-refractivity contribution in [3.63, 3.8) is 0 Å². The van der Waals surface area contributed by atoms with Gasteiger partial charge in [0.05, 0.1) is 0 Å². The van der Waals surface area contributed by atoms with Gasteiger partial charge in [-0.15, -0.1) is 0 Å². The average Bonchev–Trinajstić information content (AvgIpc) is 2.24. The summed E-state index contributed by atoms with van der Waals surface area (Å²) in [6.07, 6.45) is 2.48. The Labute approximate surface area is 110 Å². The Balaban J connectivity index is 2.19. The minimum Gasteiger partial charge on any atom is -0.465 e. The van der Waals surface area contributed by atoms with Crippen molar-refractivity contribution in [2.24, 2.45) is 0 Å². The van der Waals surface area contributed by atoms with Crippen LogP contribution in [0.3, 0.4) is 0 Å². The van der Waals surface area contributed by atoms with Gasteiger partial charge in [0.15, 0.2) is 0 Å². The number of carbonyl (C=O) groups is 1. The molecule has 1 aliphatic rings. The van der Waals surface area contributed by atoms with Gasteiger partial charge in [-0.05, 0) is 30.5 Å². The van der Waals surface area contributed by atoms with E-state index < -0.39 is 6.09 Å². The average molecular weight is 298 g/mol. The van der Waals surface area contributed by atoms with Crippen molar-refractivity contribution >= 4 is 22.0 Å². The lowest BCUT2D eigenvalue weighted by Crippen LogP contribution is -2.46. The molecule has 0 atom stereocenters. The first kappa shape index (κ1) is 12.4. The maximum absolute atomic E-state index is 10.9. The maximum Gasteiger partial charge on any atom is 0.407 e. The van der Waals surface area contributed by atoms with Gasteiger partial charge in [-0.25, -0.2) is 4.79 Å². The van der Waals surface area contributed by atoms with E-state index in [-0.39, 0.29) is 5.41 Å². The molecule has 1 aromatic rings. The number of halogens is 1. The Kier molecular flexibility index (Phi) is 3.43. The molecule has 1 N–H and O–H groups in total. The second-order valence-corrected chi connectivity index (χ2v) is 5.70. The number of hydrogen-bond acceptors (Lipinski definition) is 1. The predicted octanol–water partition coefficient (Wildman–Crippen LogP) is 3.48. The van der Waals surface area contributed by atoms with Gasteiger partial charge >= 0.3 is 6.09 Å². The summed E-state index contributed by atoms with van der Waals surface area (Å²) < 4.78 is 1.06. The minimum absolute atomic E-state index is 0.0356. The third-order valence-corrected chi connectivity index (χ3v) is 4.16. The minimum atomic E-state index is -0.853. The van der Waals surface area contributed by atoms with Crippen LogP contribution < -0.4 is 0 Å². The van der Waals surface area contributed by atoms with Gasteiger partial charge in [-0.2, -0.15) is 0 Å². The van der Waals surface area contributed by atoms with Crippen LogP contribution in [-0.2, 0) is 5.41 Å². The zero-order valence-corrected chi connectivity index (χ0v) is 11.4. The normalized spacial score (nSPS) is 17.3. The highest BCUT2D eigenvalue weighted by atomic mass is 79.9. The molecule has 0 aliphatic heterocycles. The number of rotatable bonds is 3. The van der Waals surface area contributed by atoms with E-state index in [1.807, 2.05) is 12.1 Å². The van der Waals surface area contributed by atoms with Crippen molar-refractivity contribution in [2.45, 2.75) is 24.7 Å². The summed E-state index contributed by atoms with van der Waals surface area (Å²) in [5.41, 5.74) is 1.29. The fraction of sp³-hybridized carbons (Fsp3) is 0.462. The number of hydrogen-bond donors (Lipinski definition) is 1. The van der Waals surface area contributed by atoms with Gasteiger partial charge in [0.2, 0.25) is 0 Å². The van der Waals surface area contributed by atoms with Crippen LogP contribution in [0.4, 0.5) is 4.79 Å². The lowest BCUT2D eigenvalue weighted by atomic mass is 9.64. The van der Waals surface area contributed by atoms with E-state index in [9.17, 15) is 4.79 Å². The van der Waals surface area contributed by atoms with Crippen molar-refractivity contribution in [2.75, 3.05) is 13.6 Å². The SMILES string of the molecule is CN(CC1(c2ccc(Br)cc2)CCC1)C(=O)O. The first-order chi connectivity index (χ1) is 8.03. The van der Waals surface area contributed by atoms with Crippen molar-refractivity contribution in [1.82, 2.24) is 4.90 Å². The molecule has 92 valence electrons. The van der Waals surface area contributed by atoms with Gasteiger partial charge < -0.3 is 10.0 Å². The highest BCUT2D eigenvalue weighted by Gasteiger charge is 2.40. The van der Waals surface area contributed by atoms with E-state index in [2.05, 4.69) is 28.1 Å². The monoisotopic (exact) mass is 297 g/mol. The molecule has 0 bridgehead atoms. The van der Waals surface area contributed by atoms with Crippen LogP contribution in [0.25, 0.3) is 0 Å². The standard InChI is InChI=1S/C13H16BrNO2/c1-15(12(16)17)9-13(7-2-8-13)10-3-5-11(14)6-4-10/h3-6H,2,7-9H2,1H3,(H,16,17). The molecule has 1 amide bonds. The Hall–Kier alpha value is -1.03. The molecule has 0 radical (unpaired) electrons. The van der Waals surface area contributed by atoms with Crippen LogP contribution in [0.5, 0.6) is 0 Å². The summed E-state index contributed by atoms with van der Waals surface area (Å²) >= 11 is 3.42. The highest BCUT2D eigenvalue weighted by Crippen LogP contribution is 2.44. The number of carboxylic acid groups (broad SMARTS) is 1. The molecule has 4 heteroatoms. The predicted molar refractivity (Wildman–Crippen MR) is 70.3 cm³/mol. The lowest BCUT2D eigenvalue weighted by Gasteiger charge is -2.44. The molecule has 0 spiro atoms. The Morgan fingerprint density at radius 2 is 2.00 bits per heavy atom. The van der Waals surface area contributed by atoms with Crippen LogP contribution in [0.1, 0.15) is 24.8 Å². The first-order valence-corrected chi connectivity index (χ1v) is 6.53. The summed E-state index contributed by atoms with van der Waals surface area (Å²) in [7, 11) is 1.64. The lowest BCUT2D eigenvalue weighted by molar-refractivity contribution is 0.122. The van der Waals surface area contributed by atoms with Crippen LogP contribution >= 0.6 is 15.9 Å². The molecule has 1 aromatic carbocycles. The molecule has 0 aromatic heterocycles. The molecule has 17 heavy (non-hydrogen) atoms. The molecule has 0 heterocycles. The van der Waals surface area contributed by atoms with E-state index in [4.69, 9.17) is 5.11 Å². The number of amides is 1. The molecular formula is C13H16BrNO2. The van der Waals surface area contributed by atoms with Crippen molar-refractivity contribution < 1.29 is 9.90 Å². The summed E-state index contributed by atoms with van der Waals surface area (Å²) in [5.74, 6) is 0. The van der Waals surface area contributed by atoms with Crippen LogP contribution in [0.2, 0.25) is 0 Å². The summed E-state index contributed by atoms with van der Waals surface area (Å²) in [4.78, 5) is 12.3. The molecular weight excluding hydrogens is 282 g/mol.